The van der Waals surface area contributed by atoms with E-state index in [9.17, 15) is 10.0 Å². The molecule has 1 aromatic rings. The lowest BCUT2D eigenvalue weighted by molar-refractivity contribution is -0.991. The summed E-state index contributed by atoms with van der Waals surface area (Å²) in [4.78, 5) is 17.8. The lowest BCUT2D eigenvalue weighted by atomic mass is 10.1. The summed E-state index contributed by atoms with van der Waals surface area (Å²) >= 11 is 0. The van der Waals surface area contributed by atoms with Crippen LogP contribution in [0.5, 0.6) is 0 Å². The Morgan fingerprint density at radius 3 is 2.28 bits per heavy atom. The van der Waals surface area contributed by atoms with Crippen molar-refractivity contribution in [2.24, 2.45) is 4.99 Å². The Hall–Kier alpha value is -1.76. The second-order valence-corrected chi connectivity index (χ2v) is 4.74. The minimum atomic E-state index is -0.973. The van der Waals surface area contributed by atoms with Crippen LogP contribution in [0.15, 0.2) is 29.3 Å². The summed E-state index contributed by atoms with van der Waals surface area (Å²) in [7, 11) is 1.67. The fraction of sp³-hybridized carbons (Fsp3) is 0.333. The van der Waals surface area contributed by atoms with E-state index in [1.54, 1.807) is 33.0 Å². The third-order valence-corrected chi connectivity index (χ3v) is 2.92. The molecule has 0 saturated heterocycles. The number of likely N-dealkylation sites (N-methyl/N-ethyl adjacent to an activating group) is 1. The van der Waals surface area contributed by atoms with Gasteiger partial charge in [-0.3, -0.25) is 14.7 Å². The molecule has 1 unspecified atom stereocenters. The van der Waals surface area contributed by atoms with E-state index >= 15 is 0 Å². The fourth-order valence-corrected chi connectivity index (χ4v) is 1.91. The minimum Gasteiger partial charge on any atom is -0.595 e. The quantitative estimate of drug-likeness (QED) is 0.729. The zero-order valence-corrected chi connectivity index (χ0v) is 10.5. The number of benzene rings is 1. The van der Waals surface area contributed by atoms with E-state index in [-0.39, 0.29) is 11.6 Å². The maximum atomic E-state index is 11.9. The second-order valence-electron chi connectivity index (χ2n) is 4.74. The van der Waals surface area contributed by atoms with Gasteiger partial charge in [-0.1, -0.05) is 0 Å². The Morgan fingerprint density at radius 1 is 1.33 bits per heavy atom. The average molecular weight is 249 g/mol. The van der Waals surface area contributed by atoms with Crippen molar-refractivity contribution in [3.8, 4) is 0 Å². The molecule has 1 atom stereocenters. The van der Waals surface area contributed by atoms with Crippen LogP contribution in [0.4, 0.5) is 5.69 Å². The van der Waals surface area contributed by atoms with Crippen molar-refractivity contribution in [1.29, 1.82) is 0 Å². The Morgan fingerprint density at radius 2 is 1.89 bits per heavy atom. The number of quaternary nitrogens is 1. The zero-order chi connectivity index (χ0) is 13.5. The smallest absolute Gasteiger partial charge is 0.255 e. The summed E-state index contributed by atoms with van der Waals surface area (Å²) in [6, 6.07) is 6.33. The summed E-state index contributed by atoms with van der Waals surface area (Å²) < 4.78 is 0. The maximum Gasteiger partial charge on any atom is 0.255 e. The van der Waals surface area contributed by atoms with E-state index in [0.29, 0.717) is 5.84 Å². The highest BCUT2D eigenvalue weighted by Crippen LogP contribution is 2.24. The molecule has 18 heavy (non-hydrogen) atoms. The normalized spacial score (nSPS) is 19.9. The van der Waals surface area contributed by atoms with Gasteiger partial charge in [-0.05, 0) is 26.0 Å². The van der Waals surface area contributed by atoms with Crippen LogP contribution in [0.2, 0.25) is 0 Å². The van der Waals surface area contributed by atoms with Crippen LogP contribution < -0.4 is 5.23 Å². The Balaban J connectivity index is 2.36. The molecule has 1 amide bonds. The molecule has 6 heteroatoms. The van der Waals surface area contributed by atoms with Crippen molar-refractivity contribution in [2.75, 3.05) is 7.05 Å². The van der Waals surface area contributed by atoms with Gasteiger partial charge in [0.05, 0.1) is 0 Å². The Labute approximate surface area is 105 Å². The van der Waals surface area contributed by atoms with Crippen molar-refractivity contribution in [3.63, 3.8) is 0 Å². The van der Waals surface area contributed by atoms with E-state index in [1.807, 2.05) is 0 Å². The minimum absolute atomic E-state index is 0.0696. The molecule has 0 bridgehead atoms. The van der Waals surface area contributed by atoms with Crippen molar-refractivity contribution in [2.45, 2.75) is 19.4 Å². The van der Waals surface area contributed by atoms with Crippen molar-refractivity contribution in [1.82, 2.24) is 4.90 Å². The van der Waals surface area contributed by atoms with E-state index in [2.05, 4.69) is 4.99 Å². The molecule has 0 aromatic heterocycles. The molecule has 1 aliphatic heterocycles. The standard InChI is InChI=1S/C12H15N3O3/c1-12(2)11(16)14(3)10(13-12)8-4-6-9(7-5-8)15(17)18/h4-7,15,17H,1-3H3. The Bertz CT molecular complexity index is 506. The van der Waals surface area contributed by atoms with Crippen LogP contribution in [-0.4, -0.2) is 34.4 Å². The lowest BCUT2D eigenvalue weighted by Gasteiger charge is -2.15. The van der Waals surface area contributed by atoms with Gasteiger partial charge in [-0.2, -0.15) is 5.23 Å². The average Bonchev–Trinajstić information content (AvgIpc) is 2.53. The van der Waals surface area contributed by atoms with Crippen LogP contribution in [0.25, 0.3) is 0 Å². The molecular formula is C12H15N3O3. The summed E-state index contributed by atoms with van der Waals surface area (Å²) in [5.41, 5.74) is 0.197. The van der Waals surface area contributed by atoms with Crippen LogP contribution in [0.3, 0.4) is 0 Å². The van der Waals surface area contributed by atoms with E-state index in [1.165, 1.54) is 17.0 Å². The molecule has 0 aliphatic carbocycles. The van der Waals surface area contributed by atoms with Crippen LogP contribution in [-0.2, 0) is 4.79 Å². The van der Waals surface area contributed by atoms with Gasteiger partial charge >= 0.3 is 0 Å². The van der Waals surface area contributed by atoms with Gasteiger partial charge in [0.15, 0.2) is 5.69 Å². The molecule has 0 radical (unpaired) electrons. The van der Waals surface area contributed by atoms with Crippen LogP contribution in [0, 0.1) is 5.21 Å². The number of nitrogens with one attached hydrogen (secondary N) is 1. The van der Waals surface area contributed by atoms with E-state index in [4.69, 9.17) is 5.21 Å². The third kappa shape index (κ3) is 2.01. The van der Waals surface area contributed by atoms with Gasteiger partial charge in [-0.25, -0.2) is 5.21 Å². The number of rotatable bonds is 2. The number of amidine groups is 1. The van der Waals surface area contributed by atoms with Gasteiger partial charge in [0.1, 0.15) is 11.4 Å². The molecule has 0 fully saturated rings. The molecule has 1 aliphatic rings. The number of carbonyl (C=O) groups excluding carboxylic acids is 1. The summed E-state index contributed by atoms with van der Waals surface area (Å²) in [5, 5.41) is 18.6. The molecule has 96 valence electrons. The molecule has 2 rings (SSSR count). The fourth-order valence-electron chi connectivity index (χ4n) is 1.91. The number of hydrogen-bond acceptors (Lipinski definition) is 4. The first-order valence-electron chi connectivity index (χ1n) is 5.54. The first-order chi connectivity index (χ1) is 8.33. The topological polar surface area (TPSA) is 80.4 Å². The molecule has 6 nitrogen and oxygen atoms in total. The van der Waals surface area contributed by atoms with Gasteiger partial charge < -0.3 is 5.21 Å². The second kappa shape index (κ2) is 4.16. The number of aliphatic imine (C=N–C) groups is 1. The van der Waals surface area contributed by atoms with Crippen molar-refractivity contribution < 1.29 is 15.2 Å². The van der Waals surface area contributed by atoms with Gasteiger partial charge in [0, 0.05) is 24.7 Å². The van der Waals surface area contributed by atoms with Crippen LogP contribution in [0.1, 0.15) is 19.4 Å². The predicted octanol–water partition coefficient (Wildman–Crippen LogP) is 0.0872. The SMILES string of the molecule is CN1C(=O)C(C)(C)N=C1c1ccc([NH+]([O-])O)cc1. The number of nitrogens with zero attached hydrogens (tertiary/aromatic N) is 2. The van der Waals surface area contributed by atoms with Gasteiger partial charge in [0.2, 0.25) is 0 Å². The van der Waals surface area contributed by atoms with Crippen molar-refractivity contribution in [3.05, 3.63) is 35.0 Å². The third-order valence-electron chi connectivity index (χ3n) is 2.92. The predicted molar refractivity (Wildman–Crippen MR) is 65.6 cm³/mol. The highest BCUT2D eigenvalue weighted by molar-refractivity contribution is 6.14. The Kier molecular flexibility index (Phi) is 2.94. The van der Waals surface area contributed by atoms with E-state index in [0.717, 1.165) is 5.56 Å². The van der Waals surface area contributed by atoms with Gasteiger partial charge in [-0.15, -0.1) is 0 Å². The number of amides is 1. The number of hydrogen-bond donors (Lipinski definition) is 2. The zero-order valence-electron chi connectivity index (χ0n) is 10.5. The lowest BCUT2D eigenvalue weighted by Crippen LogP contribution is -2.99. The summed E-state index contributed by atoms with van der Waals surface area (Å²) in [6.45, 7) is 3.51. The summed E-state index contributed by atoms with van der Waals surface area (Å²) in [5.74, 6) is 0.502. The monoisotopic (exact) mass is 249 g/mol. The molecule has 2 N–H and O–H groups in total. The first-order valence-corrected chi connectivity index (χ1v) is 5.54. The maximum absolute atomic E-state index is 11.9. The largest absolute Gasteiger partial charge is 0.595 e. The van der Waals surface area contributed by atoms with Crippen LogP contribution >= 0.6 is 0 Å². The highest BCUT2D eigenvalue weighted by Gasteiger charge is 2.39. The first kappa shape index (κ1) is 12.7. The number of carbonyl (C=O) groups is 1. The molecule has 0 spiro atoms. The summed E-state index contributed by atoms with van der Waals surface area (Å²) in [6.07, 6.45) is 0. The molecular weight excluding hydrogens is 234 g/mol. The molecule has 1 heterocycles. The van der Waals surface area contributed by atoms with Gasteiger partial charge in [0.25, 0.3) is 5.91 Å². The van der Waals surface area contributed by atoms with E-state index < -0.39 is 10.8 Å². The van der Waals surface area contributed by atoms with Crippen molar-refractivity contribution >= 4 is 17.4 Å². The molecule has 0 saturated carbocycles. The highest BCUT2D eigenvalue weighted by atomic mass is 16.8. The molecule has 1 aromatic carbocycles.